The Morgan fingerprint density at radius 3 is 3.00 bits per heavy atom. The summed E-state index contributed by atoms with van der Waals surface area (Å²) in [6.45, 7) is 2.05. The summed E-state index contributed by atoms with van der Waals surface area (Å²) in [7, 11) is 1.71. The second-order valence-electron chi connectivity index (χ2n) is 2.28. The molecule has 11 heavy (non-hydrogen) atoms. The van der Waals surface area contributed by atoms with Gasteiger partial charge < -0.3 is 9.84 Å². The summed E-state index contributed by atoms with van der Waals surface area (Å²) in [5.41, 5.74) is 0.386. The number of nitrogens with zero attached hydrogens (tertiary/aromatic N) is 1. The molecule has 0 unspecified atom stereocenters. The summed E-state index contributed by atoms with van der Waals surface area (Å²) in [4.78, 5) is 11.1. The quantitative estimate of drug-likeness (QED) is 0.640. The van der Waals surface area contributed by atoms with Crippen LogP contribution in [0.4, 0.5) is 0 Å². The molecule has 0 saturated carbocycles. The summed E-state index contributed by atoms with van der Waals surface area (Å²) < 4.78 is 4.73. The molecule has 0 radical (unpaired) electrons. The van der Waals surface area contributed by atoms with Crippen molar-refractivity contribution in [2.75, 3.05) is 13.6 Å². The molecule has 0 bridgehead atoms. The van der Waals surface area contributed by atoms with E-state index in [0.717, 1.165) is 0 Å². The lowest BCUT2D eigenvalue weighted by Gasteiger charge is -1.91. The standard InChI is InChI=1S/C7H10N2O2/c1-5-3-6(9-11-5)7(10)4-8-2/h3,8H,4H2,1-2H3. The number of aromatic nitrogens is 1. The first-order valence-corrected chi connectivity index (χ1v) is 3.35. The Labute approximate surface area is 64.6 Å². The fourth-order valence-corrected chi connectivity index (χ4v) is 0.749. The van der Waals surface area contributed by atoms with E-state index in [1.165, 1.54) is 0 Å². The molecule has 0 aliphatic carbocycles. The molecule has 0 atom stereocenters. The molecule has 0 fully saturated rings. The highest BCUT2D eigenvalue weighted by atomic mass is 16.5. The number of likely N-dealkylation sites (N-methyl/N-ethyl adjacent to an activating group) is 1. The highest BCUT2D eigenvalue weighted by molar-refractivity contribution is 5.95. The minimum atomic E-state index is -0.0515. The van der Waals surface area contributed by atoms with Crippen molar-refractivity contribution in [3.63, 3.8) is 0 Å². The van der Waals surface area contributed by atoms with E-state index in [1.54, 1.807) is 20.0 Å². The highest BCUT2D eigenvalue weighted by Crippen LogP contribution is 2.01. The third-order valence-corrected chi connectivity index (χ3v) is 1.25. The van der Waals surface area contributed by atoms with Gasteiger partial charge in [0.1, 0.15) is 5.76 Å². The van der Waals surface area contributed by atoms with Crippen LogP contribution >= 0.6 is 0 Å². The lowest BCUT2D eigenvalue weighted by molar-refractivity contribution is 0.0985. The van der Waals surface area contributed by atoms with Gasteiger partial charge in [-0.15, -0.1) is 0 Å². The SMILES string of the molecule is CNCC(=O)c1cc(C)on1. The van der Waals surface area contributed by atoms with Gasteiger partial charge in [-0.1, -0.05) is 5.16 Å². The predicted molar refractivity (Wildman–Crippen MR) is 39.5 cm³/mol. The van der Waals surface area contributed by atoms with Crippen molar-refractivity contribution in [2.24, 2.45) is 0 Å². The number of Topliss-reactive ketones (excluding diaryl/α,β-unsaturated/α-hetero) is 1. The van der Waals surface area contributed by atoms with E-state index in [0.29, 0.717) is 18.0 Å². The van der Waals surface area contributed by atoms with Gasteiger partial charge in [0.2, 0.25) is 0 Å². The first kappa shape index (κ1) is 7.94. The van der Waals surface area contributed by atoms with Crippen LogP contribution in [-0.4, -0.2) is 24.5 Å². The second kappa shape index (κ2) is 3.30. The van der Waals surface area contributed by atoms with E-state index in [2.05, 4.69) is 10.5 Å². The van der Waals surface area contributed by atoms with Crippen LogP contribution < -0.4 is 5.32 Å². The van der Waals surface area contributed by atoms with Gasteiger partial charge in [-0.25, -0.2) is 0 Å². The van der Waals surface area contributed by atoms with Crippen molar-refractivity contribution in [3.8, 4) is 0 Å². The summed E-state index contributed by atoms with van der Waals surface area (Å²) in [5.74, 6) is 0.605. The average molecular weight is 154 g/mol. The summed E-state index contributed by atoms with van der Waals surface area (Å²) in [5, 5.41) is 6.31. The predicted octanol–water partition coefficient (Wildman–Crippen LogP) is 0.385. The number of hydrogen-bond donors (Lipinski definition) is 1. The number of aryl methyl sites for hydroxylation is 1. The van der Waals surface area contributed by atoms with Crippen molar-refractivity contribution in [2.45, 2.75) is 6.92 Å². The van der Waals surface area contributed by atoms with Crippen LogP contribution in [0.5, 0.6) is 0 Å². The van der Waals surface area contributed by atoms with Crippen LogP contribution in [-0.2, 0) is 0 Å². The van der Waals surface area contributed by atoms with Crippen molar-refractivity contribution in [3.05, 3.63) is 17.5 Å². The van der Waals surface area contributed by atoms with Crippen LogP contribution in [0, 0.1) is 6.92 Å². The number of carbonyl (C=O) groups excluding carboxylic acids is 1. The average Bonchev–Trinajstić information content (AvgIpc) is 2.36. The Morgan fingerprint density at radius 2 is 2.55 bits per heavy atom. The monoisotopic (exact) mass is 154 g/mol. The first-order chi connectivity index (χ1) is 5.24. The molecule has 60 valence electrons. The molecular formula is C7H10N2O2. The van der Waals surface area contributed by atoms with Crippen molar-refractivity contribution >= 4 is 5.78 Å². The zero-order chi connectivity index (χ0) is 8.27. The van der Waals surface area contributed by atoms with Crippen LogP contribution in [0.3, 0.4) is 0 Å². The molecule has 1 N–H and O–H groups in total. The fraction of sp³-hybridized carbons (Fsp3) is 0.429. The Balaban J connectivity index is 2.69. The third-order valence-electron chi connectivity index (χ3n) is 1.25. The van der Waals surface area contributed by atoms with Crippen molar-refractivity contribution in [1.82, 2.24) is 10.5 Å². The number of carbonyl (C=O) groups is 1. The molecular weight excluding hydrogens is 144 g/mol. The zero-order valence-electron chi connectivity index (χ0n) is 6.55. The summed E-state index contributed by atoms with van der Waals surface area (Å²) >= 11 is 0. The maximum absolute atomic E-state index is 11.1. The first-order valence-electron chi connectivity index (χ1n) is 3.35. The molecule has 0 spiro atoms. The van der Waals surface area contributed by atoms with Crippen LogP contribution in [0.25, 0.3) is 0 Å². The van der Waals surface area contributed by atoms with E-state index in [-0.39, 0.29) is 5.78 Å². The molecule has 0 aliphatic heterocycles. The van der Waals surface area contributed by atoms with E-state index in [4.69, 9.17) is 4.52 Å². The minimum Gasteiger partial charge on any atom is -0.361 e. The van der Waals surface area contributed by atoms with Crippen molar-refractivity contribution < 1.29 is 9.32 Å². The molecule has 1 aromatic heterocycles. The summed E-state index contributed by atoms with van der Waals surface area (Å²) in [6, 6.07) is 1.62. The van der Waals surface area contributed by atoms with E-state index >= 15 is 0 Å². The fourth-order valence-electron chi connectivity index (χ4n) is 0.749. The maximum atomic E-state index is 11.1. The van der Waals surface area contributed by atoms with Gasteiger partial charge in [0, 0.05) is 6.07 Å². The van der Waals surface area contributed by atoms with E-state index in [9.17, 15) is 4.79 Å². The topological polar surface area (TPSA) is 55.1 Å². The Morgan fingerprint density at radius 1 is 1.82 bits per heavy atom. The normalized spacial score (nSPS) is 10.0. The maximum Gasteiger partial charge on any atom is 0.198 e. The van der Waals surface area contributed by atoms with Gasteiger partial charge in [-0.3, -0.25) is 4.79 Å². The Hall–Kier alpha value is -1.16. The number of nitrogens with one attached hydrogen (secondary N) is 1. The molecule has 0 saturated heterocycles. The highest BCUT2D eigenvalue weighted by Gasteiger charge is 2.08. The second-order valence-corrected chi connectivity index (χ2v) is 2.28. The third kappa shape index (κ3) is 1.88. The lowest BCUT2D eigenvalue weighted by atomic mass is 10.3. The van der Waals surface area contributed by atoms with Gasteiger partial charge in [-0.05, 0) is 14.0 Å². The van der Waals surface area contributed by atoms with Gasteiger partial charge in [-0.2, -0.15) is 0 Å². The smallest absolute Gasteiger partial charge is 0.198 e. The molecule has 0 aromatic carbocycles. The molecule has 4 heteroatoms. The minimum absolute atomic E-state index is 0.0515. The van der Waals surface area contributed by atoms with Gasteiger partial charge in [0.25, 0.3) is 0 Å². The Kier molecular flexibility index (Phi) is 2.38. The number of rotatable bonds is 3. The Bertz CT molecular complexity index is 255. The van der Waals surface area contributed by atoms with Crippen LogP contribution in [0.15, 0.2) is 10.6 Å². The largest absolute Gasteiger partial charge is 0.361 e. The molecule has 1 aromatic rings. The zero-order valence-corrected chi connectivity index (χ0v) is 6.55. The molecule has 0 amide bonds. The molecule has 4 nitrogen and oxygen atoms in total. The van der Waals surface area contributed by atoms with E-state index < -0.39 is 0 Å². The summed E-state index contributed by atoms with van der Waals surface area (Å²) in [6.07, 6.45) is 0. The lowest BCUT2D eigenvalue weighted by Crippen LogP contribution is -2.18. The van der Waals surface area contributed by atoms with Gasteiger partial charge in [0.15, 0.2) is 11.5 Å². The van der Waals surface area contributed by atoms with E-state index in [1.807, 2.05) is 0 Å². The molecule has 1 rings (SSSR count). The van der Waals surface area contributed by atoms with Crippen LogP contribution in [0.1, 0.15) is 16.2 Å². The van der Waals surface area contributed by atoms with Gasteiger partial charge in [0.05, 0.1) is 6.54 Å². The number of ketones is 1. The van der Waals surface area contributed by atoms with Gasteiger partial charge >= 0.3 is 0 Å². The molecule has 1 heterocycles. The van der Waals surface area contributed by atoms with Crippen LogP contribution in [0.2, 0.25) is 0 Å². The molecule has 0 aliphatic rings. The van der Waals surface area contributed by atoms with Crippen molar-refractivity contribution in [1.29, 1.82) is 0 Å². The number of hydrogen-bond acceptors (Lipinski definition) is 4.